The van der Waals surface area contributed by atoms with Gasteiger partial charge in [-0.2, -0.15) is 0 Å². The number of amides is 1. The maximum Gasteiger partial charge on any atom is 0.251 e. The molecule has 1 amide bonds. The highest BCUT2D eigenvalue weighted by molar-refractivity contribution is 6.02. The largest absolute Gasteiger partial charge is 0.508 e. The summed E-state index contributed by atoms with van der Waals surface area (Å²) in [7, 11) is 1.65. The van der Waals surface area contributed by atoms with E-state index in [9.17, 15) is 9.90 Å². The predicted molar refractivity (Wildman–Crippen MR) is 111 cm³/mol. The molecule has 1 aromatic heterocycles. The number of para-hydroxylation sites is 1. The van der Waals surface area contributed by atoms with Crippen LogP contribution in [0.4, 0.5) is 0 Å². The Morgan fingerprint density at radius 3 is 2.57 bits per heavy atom. The number of carbonyl (C=O) groups is 1. The van der Waals surface area contributed by atoms with E-state index in [1.807, 2.05) is 37.3 Å². The highest BCUT2D eigenvalue weighted by atomic mass is 16.5. The lowest BCUT2D eigenvalue weighted by molar-refractivity contribution is 0.1000. The van der Waals surface area contributed by atoms with Gasteiger partial charge in [0.05, 0.1) is 19.2 Å². The summed E-state index contributed by atoms with van der Waals surface area (Å²) in [6, 6.07) is 14.8. The minimum absolute atomic E-state index is 0.158. The lowest BCUT2D eigenvalue weighted by Crippen LogP contribution is -2.13. The molecule has 0 aliphatic carbocycles. The van der Waals surface area contributed by atoms with E-state index in [2.05, 4.69) is 11.5 Å². The molecular weight excluding hydrogens is 352 g/mol. The number of methoxy groups -OCH3 is 1. The van der Waals surface area contributed by atoms with Crippen molar-refractivity contribution in [3.8, 4) is 22.6 Å². The van der Waals surface area contributed by atoms with Gasteiger partial charge >= 0.3 is 0 Å². The minimum Gasteiger partial charge on any atom is -0.508 e. The molecule has 0 unspecified atom stereocenters. The first-order valence-electron chi connectivity index (χ1n) is 9.41. The molecule has 0 aliphatic rings. The molecular formula is C23H26N2O3. The zero-order valence-corrected chi connectivity index (χ0v) is 16.5. The van der Waals surface area contributed by atoms with Crippen LogP contribution in [-0.2, 0) is 13.0 Å². The Morgan fingerprint density at radius 2 is 1.93 bits per heavy atom. The Morgan fingerprint density at radius 1 is 1.18 bits per heavy atom. The fourth-order valence-electron chi connectivity index (χ4n) is 3.79. The second-order valence-corrected chi connectivity index (χ2v) is 6.84. The smallest absolute Gasteiger partial charge is 0.251 e. The van der Waals surface area contributed by atoms with Crippen LogP contribution in [0.1, 0.15) is 40.7 Å². The summed E-state index contributed by atoms with van der Waals surface area (Å²) >= 11 is 0. The summed E-state index contributed by atoms with van der Waals surface area (Å²) < 4.78 is 7.64. The predicted octanol–water partition coefficient (Wildman–Crippen LogP) is 4.28. The average molecular weight is 378 g/mol. The Bertz CT molecular complexity index is 1010. The molecule has 5 heteroatoms. The first-order chi connectivity index (χ1) is 13.5. The van der Waals surface area contributed by atoms with Crippen LogP contribution in [0.25, 0.3) is 11.1 Å². The van der Waals surface area contributed by atoms with E-state index < -0.39 is 5.91 Å². The molecule has 0 spiro atoms. The molecule has 0 saturated heterocycles. The highest BCUT2D eigenvalue weighted by Crippen LogP contribution is 2.36. The number of phenolic OH excluding ortho intramolecular Hbond substituents is 1. The number of benzene rings is 2. The standard InChI is InChI=1S/C23H26N2O3/c1-4-8-19-22(16-10-7-11-18(26)13-16)21(23(24)27)15(2)25(19)14-17-9-5-6-12-20(17)28-3/h5-7,9-13,26H,4,8,14H2,1-3H3,(H2,24,27). The van der Waals surface area contributed by atoms with Gasteiger partial charge in [-0.1, -0.05) is 43.7 Å². The molecule has 3 N–H and O–H groups in total. The number of carbonyl (C=O) groups excluding carboxylic acids is 1. The third kappa shape index (κ3) is 3.60. The number of phenols is 1. The van der Waals surface area contributed by atoms with Crippen LogP contribution < -0.4 is 10.5 Å². The Balaban J connectivity index is 2.25. The lowest BCUT2D eigenvalue weighted by Gasteiger charge is -2.15. The molecule has 0 aliphatic heterocycles. The number of hydrogen-bond donors (Lipinski definition) is 2. The second-order valence-electron chi connectivity index (χ2n) is 6.84. The molecule has 0 bridgehead atoms. The van der Waals surface area contributed by atoms with Crippen molar-refractivity contribution in [2.75, 3.05) is 7.11 Å². The van der Waals surface area contributed by atoms with Gasteiger partial charge in [-0.3, -0.25) is 4.79 Å². The van der Waals surface area contributed by atoms with E-state index in [-0.39, 0.29) is 5.75 Å². The van der Waals surface area contributed by atoms with Crippen molar-refractivity contribution >= 4 is 5.91 Å². The van der Waals surface area contributed by atoms with E-state index in [4.69, 9.17) is 10.5 Å². The van der Waals surface area contributed by atoms with Gasteiger partial charge in [0.25, 0.3) is 5.91 Å². The Labute approximate surface area is 165 Å². The first kappa shape index (κ1) is 19.5. The van der Waals surface area contributed by atoms with Gasteiger partial charge in [0.2, 0.25) is 0 Å². The molecule has 3 aromatic rings. The quantitative estimate of drug-likeness (QED) is 0.644. The molecule has 0 fully saturated rings. The van der Waals surface area contributed by atoms with Gasteiger partial charge in [-0.05, 0) is 37.1 Å². The molecule has 1 heterocycles. The van der Waals surface area contributed by atoms with Gasteiger partial charge in [0.1, 0.15) is 11.5 Å². The maximum atomic E-state index is 12.4. The second kappa shape index (κ2) is 8.21. The first-order valence-corrected chi connectivity index (χ1v) is 9.41. The zero-order chi connectivity index (χ0) is 20.3. The van der Waals surface area contributed by atoms with Gasteiger partial charge in [0, 0.05) is 22.5 Å². The van der Waals surface area contributed by atoms with Crippen LogP contribution in [-0.4, -0.2) is 22.7 Å². The number of hydrogen-bond acceptors (Lipinski definition) is 3. The van der Waals surface area contributed by atoms with Gasteiger partial charge in [-0.15, -0.1) is 0 Å². The van der Waals surface area contributed by atoms with Crippen molar-refractivity contribution in [3.63, 3.8) is 0 Å². The van der Waals surface area contributed by atoms with Crippen LogP contribution >= 0.6 is 0 Å². The normalized spacial score (nSPS) is 10.8. The van der Waals surface area contributed by atoms with Crippen molar-refractivity contribution in [1.29, 1.82) is 0 Å². The lowest BCUT2D eigenvalue weighted by atomic mass is 9.98. The van der Waals surface area contributed by atoms with E-state index in [1.165, 1.54) is 0 Å². The van der Waals surface area contributed by atoms with Crippen molar-refractivity contribution < 1.29 is 14.6 Å². The highest BCUT2D eigenvalue weighted by Gasteiger charge is 2.25. The fraction of sp³-hybridized carbons (Fsp3) is 0.261. The summed E-state index contributed by atoms with van der Waals surface area (Å²) in [5, 5.41) is 9.96. The molecule has 146 valence electrons. The molecule has 0 atom stereocenters. The number of aromatic hydroxyl groups is 1. The third-order valence-electron chi connectivity index (χ3n) is 5.02. The SMILES string of the molecule is CCCc1c(-c2cccc(O)c2)c(C(N)=O)c(C)n1Cc1ccccc1OC. The van der Waals surface area contributed by atoms with Gasteiger partial charge < -0.3 is 20.1 Å². The van der Waals surface area contributed by atoms with Crippen LogP contribution in [0, 0.1) is 6.92 Å². The number of aromatic nitrogens is 1. The summed E-state index contributed by atoms with van der Waals surface area (Å²) in [6.07, 6.45) is 1.70. The van der Waals surface area contributed by atoms with Gasteiger partial charge in [0.15, 0.2) is 0 Å². The average Bonchev–Trinajstić information content (AvgIpc) is 2.95. The van der Waals surface area contributed by atoms with Crippen molar-refractivity contribution in [1.82, 2.24) is 4.57 Å². The topological polar surface area (TPSA) is 77.5 Å². The minimum atomic E-state index is -0.466. The number of ether oxygens (including phenoxy) is 1. The summed E-state index contributed by atoms with van der Waals surface area (Å²) in [5.41, 5.74) is 10.8. The maximum absolute atomic E-state index is 12.4. The van der Waals surface area contributed by atoms with Crippen molar-refractivity contribution in [3.05, 3.63) is 71.0 Å². The van der Waals surface area contributed by atoms with Gasteiger partial charge in [-0.25, -0.2) is 0 Å². The Hall–Kier alpha value is -3.21. The fourth-order valence-corrected chi connectivity index (χ4v) is 3.79. The number of nitrogens with zero attached hydrogens (tertiary/aromatic N) is 1. The zero-order valence-electron chi connectivity index (χ0n) is 16.5. The van der Waals surface area contributed by atoms with Crippen LogP contribution in [0.15, 0.2) is 48.5 Å². The van der Waals surface area contributed by atoms with Crippen LogP contribution in [0.2, 0.25) is 0 Å². The van der Waals surface area contributed by atoms with E-state index in [0.29, 0.717) is 12.1 Å². The van der Waals surface area contributed by atoms with Crippen molar-refractivity contribution in [2.24, 2.45) is 5.73 Å². The van der Waals surface area contributed by atoms with E-state index >= 15 is 0 Å². The number of primary amides is 1. The number of rotatable bonds is 7. The van der Waals surface area contributed by atoms with Crippen LogP contribution in [0.3, 0.4) is 0 Å². The number of nitrogens with two attached hydrogens (primary N) is 1. The summed E-state index contributed by atoms with van der Waals surface area (Å²) in [6.45, 7) is 4.59. The summed E-state index contributed by atoms with van der Waals surface area (Å²) in [5.74, 6) is 0.495. The van der Waals surface area contributed by atoms with E-state index in [1.54, 1.807) is 25.3 Å². The monoisotopic (exact) mass is 378 g/mol. The molecule has 0 saturated carbocycles. The van der Waals surface area contributed by atoms with E-state index in [0.717, 1.165) is 46.7 Å². The molecule has 0 radical (unpaired) electrons. The summed E-state index contributed by atoms with van der Waals surface area (Å²) in [4.78, 5) is 12.4. The third-order valence-corrected chi connectivity index (χ3v) is 5.02. The molecule has 2 aromatic carbocycles. The molecule has 28 heavy (non-hydrogen) atoms. The van der Waals surface area contributed by atoms with Crippen LogP contribution in [0.5, 0.6) is 11.5 Å². The van der Waals surface area contributed by atoms with Crippen molar-refractivity contribution in [2.45, 2.75) is 33.2 Å². The Kier molecular flexibility index (Phi) is 5.73. The molecule has 5 nitrogen and oxygen atoms in total. The molecule has 3 rings (SSSR count).